The van der Waals surface area contributed by atoms with Crippen molar-refractivity contribution in [3.63, 3.8) is 0 Å². The van der Waals surface area contributed by atoms with Crippen molar-refractivity contribution in [3.05, 3.63) is 41.2 Å². The fourth-order valence-corrected chi connectivity index (χ4v) is 2.86. The van der Waals surface area contributed by atoms with Gasteiger partial charge in [-0.1, -0.05) is 17.9 Å². The van der Waals surface area contributed by atoms with Gasteiger partial charge in [0.25, 0.3) is 0 Å². The molecule has 0 bridgehead atoms. The Morgan fingerprint density at radius 3 is 3.27 bits per heavy atom. The van der Waals surface area contributed by atoms with E-state index in [1.165, 1.54) is 11.3 Å². The maximum absolute atomic E-state index is 12.9. The summed E-state index contributed by atoms with van der Waals surface area (Å²) in [6, 6.07) is 0. The van der Waals surface area contributed by atoms with Crippen LogP contribution in [0.25, 0.3) is 11.3 Å². The number of anilines is 1. The number of fused-ring (bicyclic) bond motifs is 3. The number of nitrogens with two attached hydrogens (primary N) is 1. The second-order valence-electron chi connectivity index (χ2n) is 4.43. The molecule has 3 heterocycles. The summed E-state index contributed by atoms with van der Waals surface area (Å²) in [5.41, 5.74) is 7.64. The summed E-state index contributed by atoms with van der Waals surface area (Å²) < 4.78 is 18.4. The highest BCUT2D eigenvalue weighted by Gasteiger charge is 2.21. The molecule has 0 aliphatic carbocycles. The van der Waals surface area contributed by atoms with Crippen molar-refractivity contribution in [2.45, 2.75) is 13.2 Å². The first kappa shape index (κ1) is 14.4. The molecule has 0 fully saturated rings. The van der Waals surface area contributed by atoms with Crippen LogP contribution in [0.4, 0.5) is 9.52 Å². The third-order valence-corrected chi connectivity index (χ3v) is 3.85. The van der Waals surface area contributed by atoms with Crippen LogP contribution in [0, 0.1) is 0 Å². The summed E-state index contributed by atoms with van der Waals surface area (Å²) in [5.74, 6) is -0.386. The van der Waals surface area contributed by atoms with E-state index in [1.54, 1.807) is 6.20 Å². The lowest BCUT2D eigenvalue weighted by atomic mass is 10.2. The number of halogens is 1. The van der Waals surface area contributed by atoms with Crippen molar-refractivity contribution >= 4 is 22.7 Å². The van der Waals surface area contributed by atoms with Gasteiger partial charge in [0.1, 0.15) is 5.82 Å². The van der Waals surface area contributed by atoms with Gasteiger partial charge in [-0.2, -0.15) is 5.10 Å². The molecular weight excluding hydrogens is 307 g/mol. The highest BCUT2D eigenvalue weighted by molar-refractivity contribution is 7.16. The quantitative estimate of drug-likeness (QED) is 0.750. The Hall–Kier alpha value is -2.52. The first-order valence-corrected chi connectivity index (χ1v) is 7.16. The first-order chi connectivity index (χ1) is 10.7. The molecule has 114 valence electrons. The van der Waals surface area contributed by atoms with E-state index in [2.05, 4.69) is 32.1 Å². The molecule has 4 N–H and O–H groups in total. The van der Waals surface area contributed by atoms with E-state index in [0.29, 0.717) is 18.3 Å². The van der Waals surface area contributed by atoms with Crippen LogP contribution in [0.15, 0.2) is 35.6 Å². The average Bonchev–Trinajstić information content (AvgIpc) is 3.09. The van der Waals surface area contributed by atoms with Gasteiger partial charge in [0, 0.05) is 11.8 Å². The molecule has 7 nitrogen and oxygen atoms in total. The molecular formula is C13H13FN6OS. The SMILES string of the molecule is C=C(/N=C\C(F)=C/N)Nc1nc2c(s1)COCc1[nH]ncc1-2. The van der Waals surface area contributed by atoms with Crippen molar-refractivity contribution < 1.29 is 9.13 Å². The molecule has 3 rings (SSSR count). The predicted molar refractivity (Wildman–Crippen MR) is 82.8 cm³/mol. The van der Waals surface area contributed by atoms with Crippen molar-refractivity contribution in [1.82, 2.24) is 15.2 Å². The minimum Gasteiger partial charge on any atom is -0.402 e. The predicted octanol–water partition coefficient (Wildman–Crippen LogP) is 2.29. The van der Waals surface area contributed by atoms with Crippen LogP contribution in [0.5, 0.6) is 0 Å². The zero-order chi connectivity index (χ0) is 15.5. The van der Waals surface area contributed by atoms with Gasteiger partial charge >= 0.3 is 0 Å². The Labute approximate surface area is 129 Å². The molecule has 0 amide bonds. The number of H-pyrrole nitrogens is 1. The smallest absolute Gasteiger partial charge is 0.189 e. The zero-order valence-corrected chi connectivity index (χ0v) is 12.3. The maximum Gasteiger partial charge on any atom is 0.189 e. The van der Waals surface area contributed by atoms with Gasteiger partial charge < -0.3 is 15.8 Å². The molecule has 1 aliphatic heterocycles. The summed E-state index contributed by atoms with van der Waals surface area (Å²) in [6.07, 6.45) is 3.52. The van der Waals surface area contributed by atoms with Crippen LogP contribution in [0.3, 0.4) is 0 Å². The van der Waals surface area contributed by atoms with Crippen LogP contribution in [-0.2, 0) is 18.0 Å². The number of aromatic nitrogens is 3. The molecule has 1 aliphatic rings. The molecule has 0 aromatic carbocycles. The Morgan fingerprint density at radius 1 is 1.59 bits per heavy atom. The van der Waals surface area contributed by atoms with E-state index in [1.807, 2.05) is 0 Å². The molecule has 2 aromatic heterocycles. The molecule has 0 saturated heterocycles. The van der Waals surface area contributed by atoms with E-state index in [4.69, 9.17) is 10.5 Å². The number of allylic oxidation sites excluding steroid dienone is 1. The van der Waals surface area contributed by atoms with Gasteiger partial charge in [-0.15, -0.1) is 0 Å². The Bertz CT molecular complexity index is 762. The van der Waals surface area contributed by atoms with Gasteiger partial charge in [0.05, 0.1) is 41.9 Å². The second-order valence-corrected chi connectivity index (χ2v) is 5.51. The standard InChI is InChI=1S/C13H13FN6OS/c1-7(16-3-8(14)2-15)18-13-19-12-9-4-17-20-10(9)5-21-6-11(12)22-13/h2-4H,1,5-6,15H2,(H,17,20)(H,18,19)/b8-2+,16-3-. The molecule has 0 unspecified atom stereocenters. The molecule has 0 atom stereocenters. The summed E-state index contributed by atoms with van der Waals surface area (Å²) in [5, 5.41) is 10.4. The fourth-order valence-electron chi connectivity index (χ4n) is 1.92. The summed E-state index contributed by atoms with van der Waals surface area (Å²) in [6.45, 7) is 4.63. The van der Waals surface area contributed by atoms with Crippen molar-refractivity contribution in [2.24, 2.45) is 10.7 Å². The first-order valence-electron chi connectivity index (χ1n) is 6.35. The molecule has 0 saturated carbocycles. The van der Waals surface area contributed by atoms with Crippen molar-refractivity contribution in [2.75, 3.05) is 5.32 Å². The van der Waals surface area contributed by atoms with Crippen LogP contribution >= 0.6 is 11.3 Å². The lowest BCUT2D eigenvalue weighted by Crippen LogP contribution is -1.96. The third-order valence-electron chi connectivity index (χ3n) is 2.90. The van der Waals surface area contributed by atoms with Gasteiger partial charge in [0.2, 0.25) is 0 Å². The monoisotopic (exact) mass is 320 g/mol. The van der Waals surface area contributed by atoms with Crippen LogP contribution in [-0.4, -0.2) is 21.4 Å². The molecule has 0 spiro atoms. The lowest BCUT2D eigenvalue weighted by molar-refractivity contribution is 0.109. The number of hydrogen-bond donors (Lipinski definition) is 3. The summed E-state index contributed by atoms with van der Waals surface area (Å²) in [4.78, 5) is 9.30. The minimum absolute atomic E-state index is 0.259. The largest absolute Gasteiger partial charge is 0.402 e. The third kappa shape index (κ3) is 2.90. The van der Waals surface area contributed by atoms with Gasteiger partial charge in [-0.05, 0) is 0 Å². The number of ether oxygens (including phenoxy) is 1. The van der Waals surface area contributed by atoms with E-state index >= 15 is 0 Å². The molecule has 2 aromatic rings. The number of aromatic amines is 1. The van der Waals surface area contributed by atoms with Gasteiger partial charge in [0.15, 0.2) is 11.0 Å². The molecule has 22 heavy (non-hydrogen) atoms. The number of hydrogen-bond acceptors (Lipinski definition) is 7. The number of nitrogens with zero attached hydrogens (tertiary/aromatic N) is 3. The number of aliphatic imine (C=N–C) groups is 1. The van der Waals surface area contributed by atoms with Gasteiger partial charge in [-0.25, -0.2) is 14.4 Å². The number of rotatable bonds is 4. The van der Waals surface area contributed by atoms with Crippen LogP contribution in [0.2, 0.25) is 0 Å². The maximum atomic E-state index is 12.9. The fraction of sp³-hybridized carbons (Fsp3) is 0.154. The highest BCUT2D eigenvalue weighted by Crippen LogP contribution is 2.35. The van der Waals surface area contributed by atoms with E-state index in [0.717, 1.165) is 34.2 Å². The van der Waals surface area contributed by atoms with Crippen molar-refractivity contribution in [1.29, 1.82) is 0 Å². The van der Waals surface area contributed by atoms with Gasteiger partial charge in [-0.3, -0.25) is 5.10 Å². The van der Waals surface area contributed by atoms with E-state index in [9.17, 15) is 4.39 Å². The van der Waals surface area contributed by atoms with Crippen LogP contribution < -0.4 is 11.1 Å². The Kier molecular flexibility index (Phi) is 3.98. The lowest BCUT2D eigenvalue weighted by Gasteiger charge is -2.00. The highest BCUT2D eigenvalue weighted by atomic mass is 32.1. The van der Waals surface area contributed by atoms with E-state index < -0.39 is 5.83 Å². The zero-order valence-electron chi connectivity index (χ0n) is 11.5. The molecule has 9 heteroatoms. The minimum atomic E-state index is -0.644. The Morgan fingerprint density at radius 2 is 2.45 bits per heavy atom. The normalized spacial score (nSPS) is 14.5. The van der Waals surface area contributed by atoms with E-state index in [-0.39, 0.29) is 5.82 Å². The Balaban J connectivity index is 1.81. The topological polar surface area (TPSA) is 101 Å². The number of thiazole rings is 1. The summed E-state index contributed by atoms with van der Waals surface area (Å²) in [7, 11) is 0. The summed E-state index contributed by atoms with van der Waals surface area (Å²) >= 11 is 1.43. The second kappa shape index (κ2) is 6.08. The van der Waals surface area contributed by atoms with Crippen LogP contribution in [0.1, 0.15) is 10.6 Å². The number of nitrogens with one attached hydrogen (secondary N) is 2. The van der Waals surface area contributed by atoms with Crippen molar-refractivity contribution in [3.8, 4) is 11.3 Å². The molecule has 0 radical (unpaired) electrons. The average molecular weight is 320 g/mol.